The van der Waals surface area contributed by atoms with E-state index in [0.717, 1.165) is 0 Å². The average Bonchev–Trinajstić information content (AvgIpc) is 2.61. The summed E-state index contributed by atoms with van der Waals surface area (Å²) in [6.07, 6.45) is -3.89. The molecule has 0 saturated carbocycles. The predicted octanol–water partition coefficient (Wildman–Crippen LogP) is -1.60. The van der Waals surface area contributed by atoms with Gasteiger partial charge in [-0.1, -0.05) is 19.9 Å². The largest absolute Gasteiger partial charge is 0.394 e. The Bertz CT molecular complexity index is 625. The summed E-state index contributed by atoms with van der Waals surface area (Å²) in [6, 6.07) is 0. The number of ketones is 1. The minimum Gasteiger partial charge on any atom is -0.394 e. The molecule has 0 bridgehead atoms. The summed E-state index contributed by atoms with van der Waals surface area (Å²) in [4.78, 5) is 12.1. The van der Waals surface area contributed by atoms with E-state index in [4.69, 9.17) is 9.47 Å². The average molecular weight is 402 g/mol. The molecular weight excluding hydrogens is 372 g/mol. The first kappa shape index (κ1) is 23.1. The second-order valence-electron chi connectivity index (χ2n) is 8.07. The van der Waals surface area contributed by atoms with Crippen molar-refractivity contribution in [2.45, 2.75) is 69.6 Å². The molecule has 1 aliphatic carbocycles. The van der Waals surface area contributed by atoms with Crippen LogP contribution in [0.5, 0.6) is 0 Å². The van der Waals surface area contributed by atoms with Crippen LogP contribution in [-0.4, -0.2) is 92.0 Å². The zero-order chi connectivity index (χ0) is 21.3. The Morgan fingerprint density at radius 1 is 1.29 bits per heavy atom. The van der Waals surface area contributed by atoms with Crippen LogP contribution < -0.4 is 0 Å². The van der Waals surface area contributed by atoms with Crippen molar-refractivity contribution in [3.05, 3.63) is 23.8 Å². The first-order chi connectivity index (χ1) is 12.9. The van der Waals surface area contributed by atoms with Crippen molar-refractivity contribution in [2.24, 2.45) is 5.41 Å². The fourth-order valence-electron chi connectivity index (χ4n) is 3.50. The van der Waals surface area contributed by atoms with Crippen molar-refractivity contribution in [2.75, 3.05) is 13.2 Å². The van der Waals surface area contributed by atoms with Gasteiger partial charge in [-0.25, -0.2) is 0 Å². The highest BCUT2D eigenvalue weighted by atomic mass is 16.7. The molecule has 6 N–H and O–H groups in total. The van der Waals surface area contributed by atoms with Crippen molar-refractivity contribution in [3.8, 4) is 0 Å². The van der Waals surface area contributed by atoms with E-state index in [-0.39, 0.29) is 24.4 Å². The maximum Gasteiger partial charge on any atom is 0.187 e. The highest BCUT2D eigenvalue weighted by molar-refractivity contribution is 5.93. The van der Waals surface area contributed by atoms with Crippen molar-refractivity contribution in [3.63, 3.8) is 0 Å². The van der Waals surface area contributed by atoms with E-state index < -0.39 is 54.4 Å². The molecule has 0 amide bonds. The molecule has 1 fully saturated rings. The van der Waals surface area contributed by atoms with E-state index in [2.05, 4.69) is 0 Å². The van der Waals surface area contributed by atoms with Gasteiger partial charge < -0.3 is 40.1 Å². The van der Waals surface area contributed by atoms with Gasteiger partial charge in [0, 0.05) is 11.8 Å². The summed E-state index contributed by atoms with van der Waals surface area (Å²) in [5.74, 6) is -0.215. The van der Waals surface area contributed by atoms with Gasteiger partial charge in [-0.3, -0.25) is 4.79 Å². The van der Waals surface area contributed by atoms with Crippen LogP contribution in [0.1, 0.15) is 27.2 Å². The molecule has 160 valence electrons. The van der Waals surface area contributed by atoms with Gasteiger partial charge in [0.05, 0.1) is 19.3 Å². The molecule has 28 heavy (non-hydrogen) atoms. The molecule has 1 saturated heterocycles. The van der Waals surface area contributed by atoms with Crippen LogP contribution in [0.4, 0.5) is 0 Å². The number of carbonyl (C=O) groups excluding carboxylic acids is 1. The number of hydrogen-bond donors (Lipinski definition) is 6. The molecule has 0 spiro atoms. The molecule has 9 nitrogen and oxygen atoms in total. The fourth-order valence-corrected chi connectivity index (χ4v) is 3.50. The van der Waals surface area contributed by atoms with E-state index in [1.165, 1.54) is 25.2 Å². The lowest BCUT2D eigenvalue weighted by Gasteiger charge is -2.45. The monoisotopic (exact) mass is 402 g/mol. The molecule has 0 aromatic carbocycles. The van der Waals surface area contributed by atoms with Gasteiger partial charge in [0.1, 0.15) is 30.0 Å². The van der Waals surface area contributed by atoms with Crippen LogP contribution in [0.3, 0.4) is 0 Å². The second kappa shape index (κ2) is 8.68. The summed E-state index contributed by atoms with van der Waals surface area (Å²) < 4.78 is 10.8. The van der Waals surface area contributed by atoms with E-state index in [1.807, 2.05) is 0 Å². The van der Waals surface area contributed by atoms with Crippen molar-refractivity contribution >= 4 is 5.78 Å². The first-order valence-corrected chi connectivity index (χ1v) is 9.18. The molecule has 2 rings (SSSR count). The van der Waals surface area contributed by atoms with E-state index in [9.17, 15) is 35.4 Å². The van der Waals surface area contributed by atoms with Gasteiger partial charge in [-0.05, 0) is 24.6 Å². The summed E-state index contributed by atoms with van der Waals surface area (Å²) in [6.45, 7) is 4.02. The Hall–Kier alpha value is -1.17. The van der Waals surface area contributed by atoms with Crippen LogP contribution in [0.25, 0.3) is 0 Å². The number of hydrogen-bond acceptors (Lipinski definition) is 9. The molecule has 1 heterocycles. The van der Waals surface area contributed by atoms with E-state index in [1.54, 1.807) is 13.8 Å². The molecular formula is C19H30O9. The quantitative estimate of drug-likeness (QED) is 0.288. The molecule has 9 heteroatoms. The van der Waals surface area contributed by atoms with Crippen molar-refractivity contribution in [1.82, 2.24) is 0 Å². The number of ether oxygens (including phenoxy) is 2. The van der Waals surface area contributed by atoms with Crippen LogP contribution in [0.15, 0.2) is 23.8 Å². The van der Waals surface area contributed by atoms with Gasteiger partial charge in [0.2, 0.25) is 0 Å². The Morgan fingerprint density at radius 2 is 1.93 bits per heavy atom. The summed E-state index contributed by atoms with van der Waals surface area (Å²) >= 11 is 0. The highest BCUT2D eigenvalue weighted by Gasteiger charge is 2.49. The van der Waals surface area contributed by atoms with Gasteiger partial charge in [-0.2, -0.15) is 0 Å². The van der Waals surface area contributed by atoms with Gasteiger partial charge in [-0.15, -0.1) is 0 Å². The van der Waals surface area contributed by atoms with E-state index >= 15 is 0 Å². The number of aliphatic hydroxyl groups is 6. The standard InChI is InChI=1S/C19H30O9/c1-10(21)4-5-19(26)11(6-12(22)7-18(19,2)3)9-27-17-16(25)15(24)14(23)13(8-20)28-17/h4-6,10,13-17,20-21,23-26H,7-9H2,1-3H3/b5-4+/t10-,13-,14-,15+,16-,17-,19-/m1/s1. The Labute approximate surface area is 163 Å². The van der Waals surface area contributed by atoms with Crippen molar-refractivity contribution < 1.29 is 44.9 Å². The molecule has 0 radical (unpaired) electrons. The smallest absolute Gasteiger partial charge is 0.187 e. The molecule has 7 atom stereocenters. The van der Waals surface area contributed by atoms with Crippen LogP contribution in [0, 0.1) is 5.41 Å². The zero-order valence-corrected chi connectivity index (χ0v) is 16.2. The lowest BCUT2D eigenvalue weighted by atomic mass is 9.64. The second-order valence-corrected chi connectivity index (χ2v) is 8.07. The number of aliphatic hydroxyl groups excluding tert-OH is 5. The predicted molar refractivity (Wildman–Crippen MR) is 97.0 cm³/mol. The van der Waals surface area contributed by atoms with Crippen LogP contribution in [0.2, 0.25) is 0 Å². The SMILES string of the molecule is C[C@@H](O)/C=C/[C@@]1(O)C(CO[C@@H]2O[C@H](CO)[C@@H](O)[C@H](O)[C@H]2O)=CC(=O)CC1(C)C. The van der Waals surface area contributed by atoms with Crippen LogP contribution >= 0.6 is 0 Å². The minimum absolute atomic E-state index is 0.0806. The molecule has 0 aromatic heterocycles. The topological polar surface area (TPSA) is 157 Å². The van der Waals surface area contributed by atoms with Gasteiger partial charge >= 0.3 is 0 Å². The van der Waals surface area contributed by atoms with Gasteiger partial charge in [0.15, 0.2) is 12.1 Å². The molecule has 2 aliphatic rings. The number of allylic oxidation sites excluding steroid dienone is 1. The first-order valence-electron chi connectivity index (χ1n) is 9.18. The molecule has 0 unspecified atom stereocenters. The maximum absolute atomic E-state index is 12.1. The van der Waals surface area contributed by atoms with Crippen LogP contribution in [-0.2, 0) is 14.3 Å². The third-order valence-corrected chi connectivity index (χ3v) is 5.34. The lowest BCUT2D eigenvalue weighted by molar-refractivity contribution is -0.299. The third-order valence-electron chi connectivity index (χ3n) is 5.34. The minimum atomic E-state index is -1.61. The zero-order valence-electron chi connectivity index (χ0n) is 16.2. The maximum atomic E-state index is 12.1. The Kier molecular flexibility index (Phi) is 7.17. The van der Waals surface area contributed by atoms with Crippen molar-refractivity contribution in [1.29, 1.82) is 0 Å². The van der Waals surface area contributed by atoms with E-state index in [0.29, 0.717) is 0 Å². The molecule has 1 aliphatic heterocycles. The van der Waals surface area contributed by atoms with Gasteiger partial charge in [0.25, 0.3) is 0 Å². The normalized spacial score (nSPS) is 39.8. The number of carbonyl (C=O) groups is 1. The Balaban J connectivity index is 2.23. The summed E-state index contributed by atoms with van der Waals surface area (Å²) in [5, 5.41) is 59.8. The Morgan fingerprint density at radius 3 is 2.50 bits per heavy atom. The third kappa shape index (κ3) is 4.52. The summed E-state index contributed by atoms with van der Waals surface area (Å²) in [5.41, 5.74) is -2.30. The highest BCUT2D eigenvalue weighted by Crippen LogP contribution is 2.44. The lowest BCUT2D eigenvalue weighted by Crippen LogP contribution is -2.59. The summed E-state index contributed by atoms with van der Waals surface area (Å²) in [7, 11) is 0. The fraction of sp³-hybridized carbons (Fsp3) is 0.737. The number of rotatable bonds is 6. The molecule has 0 aromatic rings.